The molecule has 0 saturated carbocycles. The van der Waals surface area contributed by atoms with Crippen molar-refractivity contribution < 1.29 is 23.9 Å². The van der Waals surface area contributed by atoms with Crippen molar-refractivity contribution >= 4 is 29.0 Å². The summed E-state index contributed by atoms with van der Waals surface area (Å²) in [6, 6.07) is 14.4. The highest BCUT2D eigenvalue weighted by molar-refractivity contribution is 6.02. The lowest BCUT2D eigenvalue weighted by molar-refractivity contribution is -0.121. The molecule has 2 aromatic carbocycles. The van der Waals surface area contributed by atoms with Gasteiger partial charge in [-0.15, -0.1) is 0 Å². The number of esters is 1. The quantitative estimate of drug-likeness (QED) is 0.549. The highest BCUT2D eigenvalue weighted by atomic mass is 16.5. The van der Waals surface area contributed by atoms with Crippen molar-refractivity contribution in [1.82, 2.24) is 5.32 Å². The van der Waals surface area contributed by atoms with E-state index in [1.165, 1.54) is 7.11 Å². The van der Waals surface area contributed by atoms with E-state index < -0.39 is 12.0 Å². The molecule has 2 atom stereocenters. The summed E-state index contributed by atoms with van der Waals surface area (Å²) < 4.78 is 10.5. The van der Waals surface area contributed by atoms with Crippen LogP contribution < -0.4 is 15.5 Å². The SMILES string of the molecule is COC(=O)c1ccc(C2C3=C(CC(C)(C)CC3=O)Nc3ccccc3N2CC(=O)NCC2CCCO2)cc1. The van der Waals surface area contributed by atoms with Crippen LogP contribution in [0.15, 0.2) is 59.8 Å². The van der Waals surface area contributed by atoms with Crippen LogP contribution in [-0.4, -0.2) is 50.6 Å². The van der Waals surface area contributed by atoms with Crippen LogP contribution in [0.25, 0.3) is 0 Å². The number of ketones is 1. The molecule has 1 aliphatic carbocycles. The third-order valence-corrected chi connectivity index (χ3v) is 7.52. The van der Waals surface area contributed by atoms with Crippen molar-refractivity contribution in [2.75, 3.05) is 37.0 Å². The summed E-state index contributed by atoms with van der Waals surface area (Å²) in [6.45, 7) is 5.45. The number of benzene rings is 2. The number of fused-ring (bicyclic) bond motifs is 1. The largest absolute Gasteiger partial charge is 0.465 e. The van der Waals surface area contributed by atoms with Crippen LogP contribution in [0.2, 0.25) is 0 Å². The second-order valence-corrected chi connectivity index (χ2v) is 11.1. The standard InChI is InChI=1S/C30H35N3O5/c1-30(2)15-23-27(25(34)16-30)28(19-10-12-20(13-11-19)29(36)37-3)33(24-9-5-4-8-22(24)32-23)18-26(35)31-17-21-7-6-14-38-21/h4-5,8-13,21,28,32H,6-7,14-18H2,1-3H3,(H,31,35). The van der Waals surface area contributed by atoms with E-state index in [2.05, 4.69) is 24.5 Å². The molecule has 1 fully saturated rings. The summed E-state index contributed by atoms with van der Waals surface area (Å²) in [4.78, 5) is 41.2. The summed E-state index contributed by atoms with van der Waals surface area (Å²) in [5, 5.41) is 6.59. The molecule has 0 bridgehead atoms. The summed E-state index contributed by atoms with van der Waals surface area (Å²) >= 11 is 0. The number of ether oxygens (including phenoxy) is 2. The number of rotatable bonds is 6. The van der Waals surface area contributed by atoms with E-state index in [0.717, 1.165) is 42.1 Å². The first kappa shape index (κ1) is 26.0. The number of carbonyl (C=O) groups excluding carboxylic acids is 3. The fourth-order valence-electron chi connectivity index (χ4n) is 5.74. The third kappa shape index (κ3) is 5.31. The molecule has 2 unspecified atom stereocenters. The summed E-state index contributed by atoms with van der Waals surface area (Å²) in [5.74, 6) is -0.507. The number of carbonyl (C=O) groups is 3. The van der Waals surface area contributed by atoms with Gasteiger partial charge in [0.25, 0.3) is 0 Å². The summed E-state index contributed by atoms with van der Waals surface area (Å²) in [5.41, 5.74) is 4.29. The predicted octanol–water partition coefficient (Wildman–Crippen LogP) is 4.38. The number of Topliss-reactive ketones (excluding diaryl/α,β-unsaturated/α-hetero) is 1. The molecule has 2 heterocycles. The highest BCUT2D eigenvalue weighted by Gasteiger charge is 2.42. The van der Waals surface area contributed by atoms with E-state index in [0.29, 0.717) is 30.5 Å². The Labute approximate surface area is 223 Å². The maximum absolute atomic E-state index is 13.8. The number of hydrogen-bond acceptors (Lipinski definition) is 7. The average Bonchev–Trinajstić information content (AvgIpc) is 3.37. The monoisotopic (exact) mass is 517 g/mol. The molecule has 1 amide bonds. The number of nitrogens with one attached hydrogen (secondary N) is 2. The lowest BCUT2D eigenvalue weighted by Gasteiger charge is -2.38. The number of para-hydroxylation sites is 2. The Bertz CT molecular complexity index is 1260. The van der Waals surface area contributed by atoms with Crippen LogP contribution >= 0.6 is 0 Å². The molecule has 2 N–H and O–H groups in total. The molecule has 8 heteroatoms. The number of anilines is 2. The van der Waals surface area contributed by atoms with Crippen molar-refractivity contribution in [3.05, 3.63) is 70.9 Å². The lowest BCUT2D eigenvalue weighted by Crippen LogP contribution is -2.43. The first-order valence-electron chi connectivity index (χ1n) is 13.2. The van der Waals surface area contributed by atoms with Gasteiger partial charge < -0.3 is 25.0 Å². The molecule has 2 aromatic rings. The molecular weight excluding hydrogens is 482 g/mol. The number of nitrogens with zero attached hydrogens (tertiary/aromatic N) is 1. The van der Waals surface area contributed by atoms with Gasteiger partial charge in [-0.05, 0) is 54.5 Å². The Hall–Kier alpha value is -3.65. The van der Waals surface area contributed by atoms with Crippen molar-refractivity contribution in [2.45, 2.75) is 51.7 Å². The zero-order valence-electron chi connectivity index (χ0n) is 22.2. The Morgan fingerprint density at radius 3 is 2.61 bits per heavy atom. The lowest BCUT2D eigenvalue weighted by atomic mass is 9.73. The third-order valence-electron chi connectivity index (χ3n) is 7.52. The van der Waals surface area contributed by atoms with Crippen molar-refractivity contribution in [3.8, 4) is 0 Å². The maximum atomic E-state index is 13.8. The zero-order chi connectivity index (χ0) is 26.9. The number of amides is 1. The first-order valence-corrected chi connectivity index (χ1v) is 13.2. The molecule has 200 valence electrons. The number of hydrogen-bond donors (Lipinski definition) is 2. The second kappa shape index (κ2) is 10.6. The normalized spacial score (nSPS) is 22.2. The van der Waals surface area contributed by atoms with Gasteiger partial charge in [-0.3, -0.25) is 9.59 Å². The van der Waals surface area contributed by atoms with E-state index in [9.17, 15) is 14.4 Å². The average molecular weight is 518 g/mol. The van der Waals surface area contributed by atoms with Crippen LogP contribution in [-0.2, 0) is 19.1 Å². The molecule has 5 rings (SSSR count). The van der Waals surface area contributed by atoms with Crippen LogP contribution in [0.1, 0.15) is 61.5 Å². The van der Waals surface area contributed by atoms with Gasteiger partial charge in [0.2, 0.25) is 5.91 Å². The number of allylic oxidation sites excluding steroid dienone is 1. The Morgan fingerprint density at radius 1 is 1.13 bits per heavy atom. The fourth-order valence-corrected chi connectivity index (χ4v) is 5.74. The van der Waals surface area contributed by atoms with Gasteiger partial charge in [-0.1, -0.05) is 38.1 Å². The Balaban J connectivity index is 1.58. The molecular formula is C30H35N3O5. The van der Waals surface area contributed by atoms with Gasteiger partial charge >= 0.3 is 5.97 Å². The van der Waals surface area contributed by atoms with Crippen LogP contribution in [0.5, 0.6) is 0 Å². The number of methoxy groups -OCH3 is 1. The van der Waals surface area contributed by atoms with Crippen molar-refractivity contribution in [3.63, 3.8) is 0 Å². The highest BCUT2D eigenvalue weighted by Crippen LogP contribution is 2.48. The minimum atomic E-state index is -0.509. The fraction of sp³-hybridized carbons (Fsp3) is 0.433. The van der Waals surface area contributed by atoms with E-state index in [1.807, 2.05) is 41.3 Å². The molecule has 3 aliphatic rings. The van der Waals surface area contributed by atoms with Crippen molar-refractivity contribution in [2.24, 2.45) is 5.41 Å². The van der Waals surface area contributed by atoms with Crippen LogP contribution in [0.4, 0.5) is 11.4 Å². The smallest absolute Gasteiger partial charge is 0.337 e. The summed E-state index contributed by atoms with van der Waals surface area (Å²) in [6.07, 6.45) is 3.10. The molecule has 0 spiro atoms. The topological polar surface area (TPSA) is 97.0 Å². The predicted molar refractivity (Wildman–Crippen MR) is 145 cm³/mol. The molecule has 1 saturated heterocycles. The Morgan fingerprint density at radius 2 is 1.89 bits per heavy atom. The van der Waals surface area contributed by atoms with Crippen molar-refractivity contribution in [1.29, 1.82) is 0 Å². The molecule has 0 radical (unpaired) electrons. The van der Waals surface area contributed by atoms with E-state index >= 15 is 0 Å². The van der Waals surface area contributed by atoms with E-state index in [1.54, 1.807) is 12.1 Å². The van der Waals surface area contributed by atoms with Gasteiger partial charge in [-0.25, -0.2) is 4.79 Å². The zero-order valence-corrected chi connectivity index (χ0v) is 22.2. The van der Waals surface area contributed by atoms with Gasteiger partial charge in [-0.2, -0.15) is 0 Å². The van der Waals surface area contributed by atoms with Gasteiger partial charge in [0.15, 0.2) is 5.78 Å². The minimum absolute atomic E-state index is 0.0372. The van der Waals surface area contributed by atoms with Gasteiger partial charge in [0.05, 0.1) is 42.7 Å². The second-order valence-electron chi connectivity index (χ2n) is 11.1. The van der Waals surface area contributed by atoms with E-state index in [4.69, 9.17) is 9.47 Å². The molecule has 38 heavy (non-hydrogen) atoms. The van der Waals surface area contributed by atoms with E-state index in [-0.39, 0.29) is 29.8 Å². The van der Waals surface area contributed by atoms with Crippen LogP contribution in [0, 0.1) is 5.41 Å². The molecule has 8 nitrogen and oxygen atoms in total. The summed E-state index contributed by atoms with van der Waals surface area (Å²) in [7, 11) is 1.35. The van der Waals surface area contributed by atoms with Gasteiger partial charge in [0, 0.05) is 30.8 Å². The maximum Gasteiger partial charge on any atom is 0.337 e. The first-order chi connectivity index (χ1) is 18.3. The molecule has 0 aromatic heterocycles. The van der Waals surface area contributed by atoms with Crippen LogP contribution in [0.3, 0.4) is 0 Å². The molecule has 2 aliphatic heterocycles. The van der Waals surface area contributed by atoms with Gasteiger partial charge in [0.1, 0.15) is 0 Å². The minimum Gasteiger partial charge on any atom is -0.465 e. The Kier molecular flexibility index (Phi) is 7.25.